The lowest BCUT2D eigenvalue weighted by Gasteiger charge is -2.34. The Balaban J connectivity index is 1.90. The third kappa shape index (κ3) is 9.27. The molecule has 31 heavy (non-hydrogen) atoms. The maximum absolute atomic E-state index is 12.1. The van der Waals surface area contributed by atoms with E-state index < -0.39 is 0 Å². The zero-order chi connectivity index (χ0) is 22.6. The molecule has 0 bridgehead atoms. The zero-order valence-corrected chi connectivity index (χ0v) is 19.9. The van der Waals surface area contributed by atoms with Gasteiger partial charge < -0.3 is 20.7 Å². The lowest BCUT2D eigenvalue weighted by molar-refractivity contribution is -0.119. The van der Waals surface area contributed by atoms with Crippen molar-refractivity contribution < 1.29 is 9.53 Å². The maximum atomic E-state index is 12.1. The number of nitrogens with one attached hydrogen (secondary N) is 3. The third-order valence-electron chi connectivity index (χ3n) is 5.36. The van der Waals surface area contributed by atoms with Gasteiger partial charge in [0, 0.05) is 44.3 Å². The molecule has 1 aromatic carbocycles. The van der Waals surface area contributed by atoms with Crippen LogP contribution in [0.1, 0.15) is 46.6 Å². The van der Waals surface area contributed by atoms with Crippen molar-refractivity contribution in [3.8, 4) is 0 Å². The van der Waals surface area contributed by atoms with Crippen molar-refractivity contribution in [2.24, 2.45) is 16.8 Å². The molecule has 1 aliphatic heterocycles. The van der Waals surface area contributed by atoms with Crippen LogP contribution in [0.5, 0.6) is 0 Å². The van der Waals surface area contributed by atoms with Crippen molar-refractivity contribution in [2.45, 2.75) is 53.7 Å². The molecule has 2 rings (SSSR count). The number of anilines is 1. The van der Waals surface area contributed by atoms with Crippen LogP contribution >= 0.6 is 0 Å². The lowest BCUT2D eigenvalue weighted by Crippen LogP contribution is -2.50. The molecule has 1 aromatic rings. The van der Waals surface area contributed by atoms with Gasteiger partial charge in [0.15, 0.2) is 5.96 Å². The molecule has 7 nitrogen and oxygen atoms in total. The van der Waals surface area contributed by atoms with E-state index in [4.69, 9.17) is 9.73 Å². The van der Waals surface area contributed by atoms with Gasteiger partial charge in [-0.2, -0.15) is 0 Å². The van der Waals surface area contributed by atoms with Gasteiger partial charge in [-0.3, -0.25) is 9.69 Å². The minimum atomic E-state index is 0.00435. The molecule has 1 fully saturated rings. The SMILES string of the molecule is CCNC(=NCc1cccc(NC(=O)C(C)CC)c1)NCC1CN(CC(C)C)CCO1. The van der Waals surface area contributed by atoms with Crippen molar-refractivity contribution in [3.63, 3.8) is 0 Å². The smallest absolute Gasteiger partial charge is 0.227 e. The molecule has 2 atom stereocenters. The molecule has 2 unspecified atom stereocenters. The van der Waals surface area contributed by atoms with Crippen LogP contribution in [0.15, 0.2) is 29.3 Å². The molecule has 1 aliphatic rings. The first-order valence-electron chi connectivity index (χ1n) is 11.7. The van der Waals surface area contributed by atoms with E-state index in [1.165, 1.54) is 0 Å². The highest BCUT2D eigenvalue weighted by Crippen LogP contribution is 2.14. The Hall–Kier alpha value is -2.12. The van der Waals surface area contributed by atoms with E-state index in [1.807, 2.05) is 38.1 Å². The van der Waals surface area contributed by atoms with Crippen LogP contribution in [0.25, 0.3) is 0 Å². The summed E-state index contributed by atoms with van der Waals surface area (Å²) in [7, 11) is 0. The molecular weight excluding hydrogens is 390 g/mol. The molecule has 0 aromatic heterocycles. The van der Waals surface area contributed by atoms with Crippen LogP contribution < -0.4 is 16.0 Å². The number of carbonyl (C=O) groups excluding carboxylic acids is 1. The fourth-order valence-corrected chi connectivity index (χ4v) is 3.51. The topological polar surface area (TPSA) is 78.0 Å². The first-order valence-corrected chi connectivity index (χ1v) is 11.7. The van der Waals surface area contributed by atoms with Crippen LogP contribution in [0.2, 0.25) is 0 Å². The Morgan fingerprint density at radius 1 is 1.26 bits per heavy atom. The predicted octanol–water partition coefficient (Wildman–Crippen LogP) is 3.08. The number of hydrogen-bond donors (Lipinski definition) is 3. The Morgan fingerprint density at radius 3 is 2.77 bits per heavy atom. The number of guanidine groups is 1. The molecule has 1 heterocycles. The molecule has 3 N–H and O–H groups in total. The summed E-state index contributed by atoms with van der Waals surface area (Å²) in [6, 6.07) is 7.89. The summed E-state index contributed by atoms with van der Waals surface area (Å²) in [5.74, 6) is 1.50. The molecule has 0 spiro atoms. The zero-order valence-electron chi connectivity index (χ0n) is 19.9. The molecule has 174 valence electrons. The van der Waals surface area contributed by atoms with Gasteiger partial charge >= 0.3 is 0 Å². The van der Waals surface area contributed by atoms with Gasteiger partial charge in [-0.1, -0.05) is 39.8 Å². The number of hydrogen-bond acceptors (Lipinski definition) is 4. The Labute approximate surface area is 188 Å². The largest absolute Gasteiger partial charge is 0.374 e. The van der Waals surface area contributed by atoms with Crippen molar-refractivity contribution in [1.29, 1.82) is 0 Å². The van der Waals surface area contributed by atoms with Crippen LogP contribution in [-0.4, -0.2) is 62.2 Å². The minimum Gasteiger partial charge on any atom is -0.374 e. The van der Waals surface area contributed by atoms with Gasteiger partial charge in [0.05, 0.1) is 19.3 Å². The number of rotatable bonds is 10. The molecule has 1 amide bonds. The van der Waals surface area contributed by atoms with Gasteiger partial charge in [-0.15, -0.1) is 0 Å². The van der Waals surface area contributed by atoms with E-state index in [2.05, 4.69) is 41.6 Å². The van der Waals surface area contributed by atoms with Crippen molar-refractivity contribution in [2.75, 3.05) is 44.6 Å². The molecule has 0 radical (unpaired) electrons. The summed E-state index contributed by atoms with van der Waals surface area (Å²) in [4.78, 5) is 19.3. The molecule has 1 saturated heterocycles. The molecule has 0 saturated carbocycles. The van der Waals surface area contributed by atoms with Crippen molar-refractivity contribution in [1.82, 2.24) is 15.5 Å². The number of aliphatic imine (C=N–C) groups is 1. The Morgan fingerprint density at radius 2 is 2.06 bits per heavy atom. The highest BCUT2D eigenvalue weighted by molar-refractivity contribution is 5.92. The van der Waals surface area contributed by atoms with E-state index in [0.29, 0.717) is 12.5 Å². The van der Waals surface area contributed by atoms with Gasteiger partial charge in [0.1, 0.15) is 0 Å². The highest BCUT2D eigenvalue weighted by atomic mass is 16.5. The second-order valence-corrected chi connectivity index (χ2v) is 8.72. The average molecular weight is 432 g/mol. The minimum absolute atomic E-state index is 0.00435. The summed E-state index contributed by atoms with van der Waals surface area (Å²) in [5.41, 5.74) is 1.87. The van der Waals surface area contributed by atoms with Gasteiger partial charge in [0.2, 0.25) is 5.91 Å². The first-order chi connectivity index (χ1) is 14.9. The Bertz CT molecular complexity index is 707. The van der Waals surface area contributed by atoms with Crippen LogP contribution in [0.3, 0.4) is 0 Å². The summed E-state index contributed by atoms with van der Waals surface area (Å²) in [6.07, 6.45) is 0.989. The van der Waals surface area contributed by atoms with Gasteiger partial charge in [-0.05, 0) is 37.0 Å². The summed E-state index contributed by atoms with van der Waals surface area (Å²) in [5, 5.41) is 9.72. The monoisotopic (exact) mass is 431 g/mol. The van der Waals surface area contributed by atoms with Crippen molar-refractivity contribution in [3.05, 3.63) is 29.8 Å². The maximum Gasteiger partial charge on any atom is 0.227 e. The molecule has 7 heteroatoms. The number of ether oxygens (including phenoxy) is 1. The Kier molecular flexibility index (Phi) is 10.8. The van der Waals surface area contributed by atoms with E-state index in [-0.39, 0.29) is 17.9 Å². The average Bonchev–Trinajstić information content (AvgIpc) is 2.75. The molecule has 0 aliphatic carbocycles. The number of morpholine rings is 1. The standard InChI is InChI=1S/C24H41N5O2/c1-6-19(5)23(30)28-21-10-8-9-20(13-21)14-26-24(25-7-2)27-15-22-17-29(11-12-31-22)16-18(3)4/h8-10,13,18-19,22H,6-7,11-12,14-17H2,1-5H3,(H,28,30)(H2,25,26,27). The summed E-state index contributed by atoms with van der Waals surface area (Å²) < 4.78 is 5.94. The summed E-state index contributed by atoms with van der Waals surface area (Å²) >= 11 is 0. The van der Waals surface area contributed by atoms with Gasteiger partial charge in [-0.25, -0.2) is 4.99 Å². The lowest BCUT2D eigenvalue weighted by atomic mass is 10.1. The fourth-order valence-electron chi connectivity index (χ4n) is 3.51. The second kappa shape index (κ2) is 13.3. The quantitative estimate of drug-likeness (QED) is 0.392. The van der Waals surface area contributed by atoms with E-state index in [1.54, 1.807) is 0 Å². The predicted molar refractivity (Wildman–Crippen MR) is 128 cm³/mol. The number of benzene rings is 1. The normalized spacial score (nSPS) is 18.6. The van der Waals surface area contributed by atoms with E-state index in [9.17, 15) is 4.79 Å². The fraction of sp³-hybridized carbons (Fsp3) is 0.667. The van der Waals surface area contributed by atoms with Crippen molar-refractivity contribution >= 4 is 17.6 Å². The van der Waals surface area contributed by atoms with E-state index >= 15 is 0 Å². The second-order valence-electron chi connectivity index (χ2n) is 8.72. The third-order valence-corrected chi connectivity index (χ3v) is 5.36. The number of carbonyl (C=O) groups is 1. The van der Waals surface area contributed by atoms with Crippen LogP contribution in [0, 0.1) is 11.8 Å². The highest BCUT2D eigenvalue weighted by Gasteiger charge is 2.21. The first kappa shape index (κ1) is 25.1. The number of amides is 1. The van der Waals surface area contributed by atoms with E-state index in [0.717, 1.165) is 63.0 Å². The van der Waals surface area contributed by atoms with Crippen LogP contribution in [-0.2, 0) is 16.1 Å². The summed E-state index contributed by atoms with van der Waals surface area (Å²) in [6.45, 7) is 16.4. The van der Waals surface area contributed by atoms with Gasteiger partial charge in [0.25, 0.3) is 0 Å². The van der Waals surface area contributed by atoms with Crippen LogP contribution in [0.4, 0.5) is 5.69 Å². The molecular formula is C24H41N5O2. The number of nitrogens with zero attached hydrogens (tertiary/aromatic N) is 2.